The molecule has 0 unspecified atom stereocenters. The van der Waals surface area contributed by atoms with Gasteiger partial charge in [0.15, 0.2) is 0 Å². The van der Waals surface area contributed by atoms with Crippen LogP contribution in [0.15, 0.2) is 40.9 Å². The molecular formula is C15H8BrN5. The first-order chi connectivity index (χ1) is 10.2. The number of nitrogen functional groups attached to an aromatic ring is 1. The molecule has 0 spiro atoms. The first-order valence-electron chi connectivity index (χ1n) is 6.02. The predicted octanol–water partition coefficient (Wildman–Crippen LogP) is 3.11. The Labute approximate surface area is 129 Å². The summed E-state index contributed by atoms with van der Waals surface area (Å²) in [5.74, 6) is 0.238. The van der Waals surface area contributed by atoms with Crippen molar-refractivity contribution in [2.45, 2.75) is 0 Å². The van der Waals surface area contributed by atoms with Crippen molar-refractivity contribution >= 4 is 32.9 Å². The third kappa shape index (κ3) is 2.03. The number of nitrogens with zero attached hydrogens (tertiary/aromatic N) is 4. The Kier molecular flexibility index (Phi) is 3.09. The number of fused-ring (bicyclic) bond motifs is 1. The van der Waals surface area contributed by atoms with Crippen LogP contribution in [0, 0.1) is 22.7 Å². The topological polar surface area (TPSA) is 91.4 Å². The zero-order valence-corrected chi connectivity index (χ0v) is 12.3. The van der Waals surface area contributed by atoms with Crippen molar-refractivity contribution in [2.75, 3.05) is 5.73 Å². The van der Waals surface area contributed by atoms with Gasteiger partial charge in [0.25, 0.3) is 0 Å². The summed E-state index contributed by atoms with van der Waals surface area (Å²) in [6.07, 6.45) is 0. The van der Waals surface area contributed by atoms with Gasteiger partial charge in [0.1, 0.15) is 17.7 Å². The molecule has 0 saturated carbocycles. The molecule has 2 aromatic carbocycles. The normalized spacial score (nSPS) is 10.2. The van der Waals surface area contributed by atoms with Gasteiger partial charge >= 0.3 is 0 Å². The van der Waals surface area contributed by atoms with Crippen LogP contribution in [0.2, 0.25) is 0 Å². The summed E-state index contributed by atoms with van der Waals surface area (Å²) in [7, 11) is 0. The number of nitrogens with two attached hydrogens (primary N) is 1. The van der Waals surface area contributed by atoms with Crippen LogP contribution in [0.1, 0.15) is 11.1 Å². The molecule has 0 atom stereocenters. The molecule has 21 heavy (non-hydrogen) atoms. The molecule has 0 aliphatic rings. The molecule has 0 radical (unpaired) electrons. The van der Waals surface area contributed by atoms with Gasteiger partial charge in [0.05, 0.1) is 22.3 Å². The molecule has 1 heterocycles. The number of nitriles is 2. The Morgan fingerprint density at radius 1 is 1.10 bits per heavy atom. The lowest BCUT2D eigenvalue weighted by Crippen LogP contribution is -2.02. The number of hydrogen-bond donors (Lipinski definition) is 1. The second-order valence-corrected chi connectivity index (χ2v) is 5.28. The molecule has 0 fully saturated rings. The number of para-hydroxylation sites is 1. The van der Waals surface area contributed by atoms with Gasteiger partial charge in [-0.25, -0.2) is 4.98 Å². The van der Waals surface area contributed by atoms with Crippen molar-refractivity contribution in [3.05, 3.63) is 52.0 Å². The van der Waals surface area contributed by atoms with Crippen LogP contribution in [0.3, 0.4) is 0 Å². The van der Waals surface area contributed by atoms with Crippen LogP contribution >= 0.6 is 15.9 Å². The van der Waals surface area contributed by atoms with Crippen molar-refractivity contribution in [1.29, 1.82) is 10.5 Å². The van der Waals surface area contributed by atoms with Crippen molar-refractivity contribution < 1.29 is 0 Å². The number of aromatic nitrogens is 2. The Morgan fingerprint density at radius 2 is 1.86 bits per heavy atom. The van der Waals surface area contributed by atoms with E-state index in [4.69, 9.17) is 11.0 Å². The van der Waals surface area contributed by atoms with Gasteiger partial charge < -0.3 is 5.73 Å². The fourth-order valence-electron chi connectivity index (χ4n) is 2.24. The van der Waals surface area contributed by atoms with E-state index in [1.807, 2.05) is 6.07 Å². The molecule has 1 aromatic heterocycles. The van der Waals surface area contributed by atoms with E-state index in [0.29, 0.717) is 27.8 Å². The highest BCUT2D eigenvalue weighted by molar-refractivity contribution is 9.10. The maximum Gasteiger partial charge on any atom is 0.206 e. The van der Waals surface area contributed by atoms with E-state index in [-0.39, 0.29) is 5.95 Å². The van der Waals surface area contributed by atoms with Crippen LogP contribution in [0.25, 0.3) is 16.7 Å². The maximum atomic E-state index is 9.28. The number of rotatable bonds is 1. The maximum absolute atomic E-state index is 9.28. The molecule has 0 aliphatic carbocycles. The summed E-state index contributed by atoms with van der Waals surface area (Å²) in [4.78, 5) is 4.26. The molecule has 3 aromatic rings. The fourth-order valence-corrected chi connectivity index (χ4v) is 2.59. The Morgan fingerprint density at radius 3 is 2.57 bits per heavy atom. The quantitative estimate of drug-likeness (QED) is 0.738. The van der Waals surface area contributed by atoms with Crippen molar-refractivity contribution in [1.82, 2.24) is 9.55 Å². The van der Waals surface area contributed by atoms with Crippen LogP contribution < -0.4 is 5.73 Å². The smallest absolute Gasteiger partial charge is 0.206 e. The summed E-state index contributed by atoms with van der Waals surface area (Å²) >= 11 is 3.39. The van der Waals surface area contributed by atoms with E-state index in [1.54, 1.807) is 34.9 Å². The lowest BCUT2D eigenvalue weighted by Gasteiger charge is -2.09. The molecular weight excluding hydrogens is 330 g/mol. The van der Waals surface area contributed by atoms with Crippen LogP contribution in [-0.2, 0) is 0 Å². The van der Waals surface area contributed by atoms with Gasteiger partial charge in [0.2, 0.25) is 5.95 Å². The molecule has 0 aliphatic heterocycles. The monoisotopic (exact) mass is 337 g/mol. The molecule has 2 N–H and O–H groups in total. The molecule has 0 amide bonds. The summed E-state index contributed by atoms with van der Waals surface area (Å²) in [6, 6.07) is 14.8. The zero-order chi connectivity index (χ0) is 15.0. The van der Waals surface area contributed by atoms with Gasteiger partial charge in [0, 0.05) is 4.47 Å². The van der Waals surface area contributed by atoms with Gasteiger partial charge in [-0.15, -0.1) is 0 Å². The van der Waals surface area contributed by atoms with E-state index in [9.17, 15) is 5.26 Å². The van der Waals surface area contributed by atoms with Crippen LogP contribution in [-0.4, -0.2) is 9.55 Å². The largest absolute Gasteiger partial charge is 0.369 e. The number of imidazole rings is 1. The molecule has 5 nitrogen and oxygen atoms in total. The first-order valence-corrected chi connectivity index (χ1v) is 6.82. The van der Waals surface area contributed by atoms with Gasteiger partial charge in [-0.3, -0.25) is 4.57 Å². The molecule has 3 rings (SSSR count). The predicted molar refractivity (Wildman–Crippen MR) is 82.6 cm³/mol. The van der Waals surface area contributed by atoms with E-state index < -0.39 is 0 Å². The average molecular weight is 338 g/mol. The summed E-state index contributed by atoms with van der Waals surface area (Å²) in [5, 5.41) is 18.4. The van der Waals surface area contributed by atoms with E-state index in [2.05, 4.69) is 33.1 Å². The minimum atomic E-state index is 0.238. The lowest BCUT2D eigenvalue weighted by atomic mass is 10.1. The Bertz CT molecular complexity index is 943. The molecule has 100 valence electrons. The Hall–Kier alpha value is -2.83. The second kappa shape index (κ2) is 4.93. The number of halogens is 1. The molecule has 6 heteroatoms. The second-order valence-electron chi connectivity index (χ2n) is 4.36. The molecule has 0 saturated heterocycles. The number of anilines is 1. The standard InChI is InChI=1S/C15H8BrN5/c16-11-5-4-9(7-17)13(6-11)21-12-3-1-2-10(8-18)14(12)20-15(21)19/h1-6H,(H2,19,20). The summed E-state index contributed by atoms with van der Waals surface area (Å²) in [6.45, 7) is 0. The Balaban J connectivity index is 2.42. The highest BCUT2D eigenvalue weighted by atomic mass is 79.9. The number of benzene rings is 2. The van der Waals surface area contributed by atoms with Gasteiger partial charge in [-0.1, -0.05) is 22.0 Å². The highest BCUT2D eigenvalue weighted by Gasteiger charge is 2.15. The van der Waals surface area contributed by atoms with E-state index in [1.165, 1.54) is 0 Å². The minimum absolute atomic E-state index is 0.238. The van der Waals surface area contributed by atoms with Gasteiger partial charge in [-0.05, 0) is 30.3 Å². The third-order valence-electron chi connectivity index (χ3n) is 3.15. The van der Waals surface area contributed by atoms with E-state index in [0.717, 1.165) is 4.47 Å². The first kappa shape index (κ1) is 13.2. The van der Waals surface area contributed by atoms with E-state index >= 15 is 0 Å². The SMILES string of the molecule is N#Cc1ccc(Br)cc1-n1c(N)nc2c(C#N)cccc21. The molecule has 0 bridgehead atoms. The average Bonchev–Trinajstić information content (AvgIpc) is 2.82. The fraction of sp³-hybridized carbons (Fsp3) is 0. The van der Waals surface area contributed by atoms with Crippen molar-refractivity contribution in [3.63, 3.8) is 0 Å². The summed E-state index contributed by atoms with van der Waals surface area (Å²) < 4.78 is 2.51. The van der Waals surface area contributed by atoms with Crippen molar-refractivity contribution in [3.8, 4) is 17.8 Å². The lowest BCUT2D eigenvalue weighted by molar-refractivity contribution is 1.10. The van der Waals surface area contributed by atoms with Crippen molar-refractivity contribution in [2.24, 2.45) is 0 Å². The minimum Gasteiger partial charge on any atom is -0.369 e. The van der Waals surface area contributed by atoms with Crippen LogP contribution in [0.4, 0.5) is 5.95 Å². The zero-order valence-electron chi connectivity index (χ0n) is 10.7. The van der Waals surface area contributed by atoms with Crippen LogP contribution in [0.5, 0.6) is 0 Å². The van der Waals surface area contributed by atoms with Gasteiger partial charge in [-0.2, -0.15) is 10.5 Å². The highest BCUT2D eigenvalue weighted by Crippen LogP contribution is 2.28. The third-order valence-corrected chi connectivity index (χ3v) is 3.65. The summed E-state index contributed by atoms with van der Waals surface area (Å²) in [5.41, 5.74) is 8.78. The number of hydrogen-bond acceptors (Lipinski definition) is 4.